The second-order valence-electron chi connectivity index (χ2n) is 7.19. The average Bonchev–Trinajstić information content (AvgIpc) is 3.02. The highest BCUT2D eigenvalue weighted by atomic mass is 16.5. The van der Waals surface area contributed by atoms with Crippen LogP contribution < -0.4 is 15.4 Å². The lowest BCUT2D eigenvalue weighted by atomic mass is 9.90. The summed E-state index contributed by atoms with van der Waals surface area (Å²) in [6, 6.07) is 5.30. The molecule has 0 aliphatic carbocycles. The Morgan fingerprint density at radius 2 is 2.15 bits per heavy atom. The van der Waals surface area contributed by atoms with Gasteiger partial charge in [0.1, 0.15) is 11.4 Å². The van der Waals surface area contributed by atoms with Crippen molar-refractivity contribution < 1.29 is 14.3 Å². The molecule has 2 N–H and O–H groups in total. The van der Waals surface area contributed by atoms with Gasteiger partial charge < -0.3 is 20.3 Å². The first-order valence-electron chi connectivity index (χ1n) is 9.13. The van der Waals surface area contributed by atoms with Crippen molar-refractivity contribution in [3.63, 3.8) is 0 Å². The molecule has 1 aromatic carbocycles. The molecule has 0 aromatic heterocycles. The van der Waals surface area contributed by atoms with Crippen molar-refractivity contribution in [2.24, 2.45) is 0 Å². The van der Waals surface area contributed by atoms with E-state index in [9.17, 15) is 14.9 Å². The van der Waals surface area contributed by atoms with E-state index in [1.165, 1.54) is 0 Å². The number of amides is 3. The van der Waals surface area contributed by atoms with E-state index in [0.29, 0.717) is 47.8 Å². The molecule has 142 valence electrons. The number of carbonyl (C=O) groups excluding carboxylic acids is 2. The molecule has 1 fully saturated rings. The number of benzene rings is 1. The molecule has 2 aliphatic heterocycles. The maximum atomic E-state index is 12.6. The van der Waals surface area contributed by atoms with Crippen molar-refractivity contribution in [1.82, 2.24) is 15.5 Å². The number of nitrogens with one attached hydrogen (secondary N) is 2. The molecule has 0 saturated carbocycles. The van der Waals surface area contributed by atoms with Crippen LogP contribution >= 0.6 is 0 Å². The lowest BCUT2D eigenvalue weighted by Crippen LogP contribution is -2.48. The van der Waals surface area contributed by atoms with Crippen LogP contribution in [0.1, 0.15) is 50.3 Å². The minimum atomic E-state index is -0.850. The second-order valence-corrected chi connectivity index (χ2v) is 7.19. The summed E-state index contributed by atoms with van der Waals surface area (Å²) in [5, 5.41) is 15.0. The van der Waals surface area contributed by atoms with Gasteiger partial charge in [0.15, 0.2) is 0 Å². The Morgan fingerprint density at radius 1 is 1.41 bits per heavy atom. The van der Waals surface area contributed by atoms with E-state index in [2.05, 4.69) is 16.7 Å². The van der Waals surface area contributed by atoms with Gasteiger partial charge in [-0.2, -0.15) is 5.26 Å². The van der Waals surface area contributed by atoms with E-state index in [0.717, 1.165) is 12.0 Å². The van der Waals surface area contributed by atoms with E-state index < -0.39 is 5.60 Å². The predicted molar refractivity (Wildman–Crippen MR) is 101 cm³/mol. The normalized spacial score (nSPS) is 17.9. The number of nitrogens with zero attached hydrogens (tertiary/aromatic N) is 2. The Labute approximate surface area is 159 Å². The molecule has 1 aromatic rings. The fourth-order valence-electron chi connectivity index (χ4n) is 3.61. The van der Waals surface area contributed by atoms with Gasteiger partial charge in [-0.25, -0.2) is 4.79 Å². The Kier molecular flexibility index (Phi) is 4.83. The molecule has 7 nitrogen and oxygen atoms in total. The van der Waals surface area contributed by atoms with Gasteiger partial charge in [0.05, 0.1) is 23.0 Å². The first-order valence-corrected chi connectivity index (χ1v) is 9.13. The third kappa shape index (κ3) is 3.23. The quantitative estimate of drug-likeness (QED) is 0.857. The van der Waals surface area contributed by atoms with E-state index in [1.807, 2.05) is 27.7 Å². The molecule has 2 heterocycles. The topological polar surface area (TPSA) is 94.5 Å². The highest BCUT2D eigenvalue weighted by molar-refractivity contribution is 5.93. The van der Waals surface area contributed by atoms with E-state index in [1.54, 1.807) is 17.0 Å². The van der Waals surface area contributed by atoms with Crippen molar-refractivity contribution in [3.8, 4) is 11.8 Å². The molecule has 3 amide bonds. The summed E-state index contributed by atoms with van der Waals surface area (Å²) < 4.78 is 6.17. The van der Waals surface area contributed by atoms with Gasteiger partial charge in [-0.15, -0.1) is 0 Å². The number of urea groups is 1. The number of carbonyl (C=O) groups is 2. The summed E-state index contributed by atoms with van der Waals surface area (Å²) in [6.45, 7) is 8.42. The summed E-state index contributed by atoms with van der Waals surface area (Å²) in [7, 11) is 0. The van der Waals surface area contributed by atoms with Gasteiger partial charge in [-0.3, -0.25) is 4.79 Å². The van der Waals surface area contributed by atoms with Crippen LogP contribution in [0.3, 0.4) is 0 Å². The number of hydrogen-bond acceptors (Lipinski definition) is 4. The zero-order valence-electron chi connectivity index (χ0n) is 16.1. The third-order valence-electron chi connectivity index (χ3n) is 4.91. The highest BCUT2D eigenvalue weighted by Gasteiger charge is 2.41. The van der Waals surface area contributed by atoms with E-state index >= 15 is 0 Å². The standard InChI is InChI=1S/C20H24N4O3/c1-5-22-19(26)23-18-17(24-10-6-7-15(24)25)16-12(2)13(11-21)8-9-14(16)27-20(18,3)4/h8-9H,5-7,10H2,1-4H3,(H2,22,23,26). The Balaban J connectivity index is 2.27. The molecule has 0 bridgehead atoms. The van der Waals surface area contributed by atoms with E-state index in [-0.39, 0.29) is 11.9 Å². The van der Waals surface area contributed by atoms with Gasteiger partial charge in [-0.05, 0) is 51.8 Å². The van der Waals surface area contributed by atoms with Crippen molar-refractivity contribution in [2.45, 2.75) is 46.1 Å². The molecule has 2 aliphatic rings. The first kappa shape index (κ1) is 18.8. The summed E-state index contributed by atoms with van der Waals surface area (Å²) in [5.41, 5.74) is 2.24. The average molecular weight is 368 g/mol. The number of likely N-dealkylation sites (tertiary alicyclic amines) is 1. The number of rotatable bonds is 3. The fraction of sp³-hybridized carbons (Fsp3) is 0.450. The van der Waals surface area contributed by atoms with E-state index in [4.69, 9.17) is 4.74 Å². The molecule has 0 radical (unpaired) electrons. The minimum Gasteiger partial charge on any atom is -0.481 e. The van der Waals surface area contributed by atoms with Gasteiger partial charge in [0, 0.05) is 25.1 Å². The SMILES string of the molecule is CCNC(=O)NC1=C(N2CCCC2=O)c2c(ccc(C#N)c2C)OC1(C)C. The maximum absolute atomic E-state index is 12.6. The summed E-state index contributed by atoms with van der Waals surface area (Å²) >= 11 is 0. The molecular formula is C20H24N4O3. The van der Waals surface area contributed by atoms with Crippen LogP contribution in [0.2, 0.25) is 0 Å². The van der Waals surface area contributed by atoms with Gasteiger partial charge in [0.2, 0.25) is 5.91 Å². The zero-order chi connectivity index (χ0) is 19.8. The van der Waals surface area contributed by atoms with Crippen LogP contribution in [0.4, 0.5) is 4.79 Å². The van der Waals surface area contributed by atoms with Crippen LogP contribution in [0.5, 0.6) is 5.75 Å². The van der Waals surface area contributed by atoms with Crippen LogP contribution in [-0.4, -0.2) is 35.5 Å². The van der Waals surface area contributed by atoms with Crippen molar-refractivity contribution in [1.29, 1.82) is 5.26 Å². The van der Waals surface area contributed by atoms with Gasteiger partial charge in [-0.1, -0.05) is 0 Å². The Bertz CT molecular complexity index is 880. The molecule has 1 saturated heterocycles. The molecule has 27 heavy (non-hydrogen) atoms. The number of ether oxygens (including phenoxy) is 1. The molecule has 0 unspecified atom stereocenters. The van der Waals surface area contributed by atoms with Gasteiger partial charge in [0.25, 0.3) is 0 Å². The smallest absolute Gasteiger partial charge is 0.319 e. The summed E-state index contributed by atoms with van der Waals surface area (Å²) in [4.78, 5) is 26.6. The maximum Gasteiger partial charge on any atom is 0.319 e. The van der Waals surface area contributed by atoms with Crippen LogP contribution in [-0.2, 0) is 4.79 Å². The highest BCUT2D eigenvalue weighted by Crippen LogP contribution is 2.44. The van der Waals surface area contributed by atoms with Crippen LogP contribution in [0.25, 0.3) is 5.70 Å². The fourth-order valence-corrected chi connectivity index (χ4v) is 3.61. The molecule has 3 rings (SSSR count). The second kappa shape index (κ2) is 6.95. The number of nitriles is 1. The monoisotopic (exact) mass is 368 g/mol. The Hall–Kier alpha value is -3.01. The molecule has 0 spiro atoms. The molecule has 0 atom stereocenters. The summed E-state index contributed by atoms with van der Waals surface area (Å²) in [6.07, 6.45) is 1.22. The lowest BCUT2D eigenvalue weighted by Gasteiger charge is -2.40. The summed E-state index contributed by atoms with van der Waals surface area (Å²) in [5.74, 6) is 0.610. The van der Waals surface area contributed by atoms with Crippen LogP contribution in [0, 0.1) is 18.3 Å². The zero-order valence-corrected chi connectivity index (χ0v) is 16.1. The number of hydrogen-bond donors (Lipinski definition) is 2. The largest absolute Gasteiger partial charge is 0.481 e. The third-order valence-corrected chi connectivity index (χ3v) is 4.91. The van der Waals surface area contributed by atoms with Crippen molar-refractivity contribution >= 4 is 17.6 Å². The number of fused-ring (bicyclic) bond motifs is 1. The van der Waals surface area contributed by atoms with Crippen molar-refractivity contribution in [2.75, 3.05) is 13.1 Å². The predicted octanol–water partition coefficient (Wildman–Crippen LogP) is 2.65. The van der Waals surface area contributed by atoms with Crippen molar-refractivity contribution in [3.05, 3.63) is 34.5 Å². The van der Waals surface area contributed by atoms with Gasteiger partial charge >= 0.3 is 6.03 Å². The molecule has 7 heteroatoms. The molecular weight excluding hydrogens is 344 g/mol. The first-order chi connectivity index (χ1) is 12.8. The minimum absolute atomic E-state index is 0.00519. The van der Waals surface area contributed by atoms with Crippen LogP contribution in [0.15, 0.2) is 17.8 Å². The Morgan fingerprint density at radius 3 is 2.74 bits per heavy atom. The lowest BCUT2D eigenvalue weighted by molar-refractivity contribution is -0.125.